The normalized spacial score (nSPS) is 11.3. The van der Waals surface area contributed by atoms with Crippen LogP contribution in [0.3, 0.4) is 0 Å². The summed E-state index contributed by atoms with van der Waals surface area (Å²) in [5.41, 5.74) is 14.1. The molecule has 0 bridgehead atoms. The summed E-state index contributed by atoms with van der Waals surface area (Å²) >= 11 is 0. The molecule has 0 aliphatic carbocycles. The number of hydrogen-bond acceptors (Lipinski definition) is 6. The SMILES string of the molecule is c1ccc(-c2nc(-c3ccc(-c4cc(-c5cccnc5)nc(-c5cccnc5)c4)cc3)nc(-c3ccc(-c4ccc5c6ccccc6n(-c6ccccc6)c5c4)cc3)n2)cc1. The monoisotopic (exact) mass is 781 g/mol. The van der Waals surface area contributed by atoms with Crippen molar-refractivity contribution in [2.24, 2.45) is 0 Å². The van der Waals surface area contributed by atoms with Crippen molar-refractivity contribution >= 4 is 21.8 Å². The van der Waals surface area contributed by atoms with Crippen molar-refractivity contribution in [2.45, 2.75) is 0 Å². The molecule has 286 valence electrons. The fraction of sp³-hybridized carbons (Fsp3) is 0. The third-order valence-corrected chi connectivity index (χ3v) is 11.0. The molecular formula is C54H35N7. The Bertz CT molecular complexity index is 3260. The van der Waals surface area contributed by atoms with E-state index in [1.807, 2.05) is 67.0 Å². The first-order chi connectivity index (χ1) is 30.2. The molecule has 0 unspecified atom stereocenters. The third-order valence-electron chi connectivity index (χ3n) is 11.0. The van der Waals surface area contributed by atoms with E-state index in [0.29, 0.717) is 17.5 Å². The van der Waals surface area contributed by atoms with Crippen molar-refractivity contribution in [2.75, 3.05) is 0 Å². The molecule has 0 N–H and O–H groups in total. The lowest BCUT2D eigenvalue weighted by atomic mass is 10.00. The number of hydrogen-bond donors (Lipinski definition) is 0. The Labute approximate surface area is 352 Å². The van der Waals surface area contributed by atoms with Crippen LogP contribution in [0.15, 0.2) is 213 Å². The Hall–Kier alpha value is -8.42. The molecule has 0 aliphatic rings. The number of nitrogens with zero attached hydrogens (tertiary/aromatic N) is 7. The van der Waals surface area contributed by atoms with Gasteiger partial charge in [-0.15, -0.1) is 0 Å². The van der Waals surface area contributed by atoms with Gasteiger partial charge in [0.1, 0.15) is 0 Å². The van der Waals surface area contributed by atoms with Crippen LogP contribution in [0.2, 0.25) is 0 Å². The lowest BCUT2D eigenvalue weighted by Crippen LogP contribution is -2.00. The van der Waals surface area contributed by atoms with Gasteiger partial charge in [0.2, 0.25) is 0 Å². The minimum absolute atomic E-state index is 0.598. The Balaban J connectivity index is 0.957. The van der Waals surface area contributed by atoms with Gasteiger partial charge in [-0.25, -0.2) is 19.9 Å². The van der Waals surface area contributed by atoms with Crippen LogP contribution in [-0.4, -0.2) is 34.5 Å². The second-order valence-corrected chi connectivity index (χ2v) is 14.9. The highest BCUT2D eigenvalue weighted by Gasteiger charge is 2.16. The number of fused-ring (bicyclic) bond motifs is 3. The fourth-order valence-electron chi connectivity index (χ4n) is 8.00. The quantitative estimate of drug-likeness (QED) is 0.153. The predicted octanol–water partition coefficient (Wildman–Crippen LogP) is 12.8. The Morgan fingerprint density at radius 1 is 0.295 bits per heavy atom. The molecule has 7 nitrogen and oxygen atoms in total. The van der Waals surface area contributed by atoms with Crippen molar-refractivity contribution < 1.29 is 0 Å². The Morgan fingerprint density at radius 2 is 0.754 bits per heavy atom. The molecule has 0 radical (unpaired) electrons. The molecule has 0 fully saturated rings. The molecule has 11 aromatic rings. The number of rotatable bonds is 8. The molecule has 7 heteroatoms. The molecule has 0 amide bonds. The summed E-state index contributed by atoms with van der Waals surface area (Å²) in [6.45, 7) is 0. The van der Waals surface area contributed by atoms with Gasteiger partial charge in [-0.1, -0.05) is 127 Å². The molecule has 6 aromatic carbocycles. The maximum Gasteiger partial charge on any atom is 0.164 e. The van der Waals surface area contributed by atoms with Gasteiger partial charge >= 0.3 is 0 Å². The van der Waals surface area contributed by atoms with E-state index in [4.69, 9.17) is 19.9 Å². The number of para-hydroxylation sites is 2. The standard InChI is InChI=1S/C54H35N7/c1-3-11-38(12-4-1)52-58-53(39-23-19-36(20-24-39)41-27-28-47-46-17-7-8-18-50(46)61(51(47)33-41)45-15-5-2-6-16-45)60-54(59-52)40-25-21-37(22-26-40)44-31-48(42-13-9-29-55-34-42)57-49(32-44)43-14-10-30-56-35-43/h1-35H. The van der Waals surface area contributed by atoms with Gasteiger partial charge in [0.15, 0.2) is 17.5 Å². The molecule has 5 heterocycles. The van der Waals surface area contributed by atoms with E-state index in [0.717, 1.165) is 67.1 Å². The van der Waals surface area contributed by atoms with Gasteiger partial charge in [-0.3, -0.25) is 9.97 Å². The van der Waals surface area contributed by atoms with Crippen molar-refractivity contribution in [3.63, 3.8) is 0 Å². The minimum Gasteiger partial charge on any atom is -0.309 e. The highest BCUT2D eigenvalue weighted by Crippen LogP contribution is 2.36. The van der Waals surface area contributed by atoms with Gasteiger partial charge in [-0.05, 0) is 82.9 Å². The Kier molecular flexibility index (Phi) is 9.02. The van der Waals surface area contributed by atoms with Crippen LogP contribution >= 0.6 is 0 Å². The van der Waals surface area contributed by atoms with E-state index < -0.39 is 0 Å². The molecule has 0 spiro atoms. The van der Waals surface area contributed by atoms with Crippen molar-refractivity contribution in [3.8, 4) is 84.6 Å². The maximum absolute atomic E-state index is 5.07. The van der Waals surface area contributed by atoms with E-state index in [-0.39, 0.29) is 0 Å². The van der Waals surface area contributed by atoms with Crippen LogP contribution in [0.4, 0.5) is 0 Å². The van der Waals surface area contributed by atoms with Crippen LogP contribution in [0.25, 0.3) is 106 Å². The number of pyridine rings is 3. The first-order valence-corrected chi connectivity index (χ1v) is 20.2. The van der Waals surface area contributed by atoms with E-state index in [9.17, 15) is 0 Å². The van der Waals surface area contributed by atoms with Crippen LogP contribution < -0.4 is 0 Å². The molecule has 11 rings (SSSR count). The molecule has 0 atom stereocenters. The highest BCUT2D eigenvalue weighted by atomic mass is 15.0. The molecule has 0 saturated heterocycles. The van der Waals surface area contributed by atoms with Crippen molar-refractivity contribution in [1.82, 2.24) is 34.5 Å². The smallest absolute Gasteiger partial charge is 0.164 e. The van der Waals surface area contributed by atoms with Gasteiger partial charge < -0.3 is 4.57 Å². The van der Waals surface area contributed by atoms with E-state index in [1.54, 1.807) is 12.4 Å². The fourth-order valence-corrected chi connectivity index (χ4v) is 8.00. The molecular weight excluding hydrogens is 747 g/mol. The first kappa shape index (κ1) is 35.7. The summed E-state index contributed by atoms with van der Waals surface area (Å²) in [5.74, 6) is 1.82. The van der Waals surface area contributed by atoms with Crippen LogP contribution in [0.5, 0.6) is 0 Å². The van der Waals surface area contributed by atoms with Crippen LogP contribution in [-0.2, 0) is 0 Å². The summed E-state index contributed by atoms with van der Waals surface area (Å²) in [6.07, 6.45) is 7.22. The zero-order valence-electron chi connectivity index (χ0n) is 32.8. The second kappa shape index (κ2) is 15.4. The maximum atomic E-state index is 5.07. The summed E-state index contributed by atoms with van der Waals surface area (Å²) < 4.78 is 2.35. The first-order valence-electron chi connectivity index (χ1n) is 20.2. The average Bonchev–Trinajstić information content (AvgIpc) is 3.68. The topological polar surface area (TPSA) is 82.3 Å². The molecule has 5 aromatic heterocycles. The predicted molar refractivity (Wildman–Crippen MR) is 246 cm³/mol. The third kappa shape index (κ3) is 6.90. The van der Waals surface area contributed by atoms with Gasteiger partial charge in [0, 0.05) is 69.1 Å². The summed E-state index contributed by atoms with van der Waals surface area (Å²) in [4.78, 5) is 28.8. The summed E-state index contributed by atoms with van der Waals surface area (Å²) in [7, 11) is 0. The van der Waals surface area contributed by atoms with Gasteiger partial charge in [0.05, 0.1) is 22.4 Å². The second-order valence-electron chi connectivity index (χ2n) is 14.9. The summed E-state index contributed by atoms with van der Waals surface area (Å²) in [6, 6.07) is 65.0. The number of aromatic nitrogens is 7. The van der Waals surface area contributed by atoms with Crippen LogP contribution in [0, 0.1) is 0 Å². The van der Waals surface area contributed by atoms with Crippen molar-refractivity contribution in [1.29, 1.82) is 0 Å². The minimum atomic E-state index is 0.598. The Morgan fingerprint density at radius 3 is 1.33 bits per heavy atom. The molecule has 0 aliphatic heterocycles. The molecule has 61 heavy (non-hydrogen) atoms. The van der Waals surface area contributed by atoms with Crippen LogP contribution in [0.1, 0.15) is 0 Å². The van der Waals surface area contributed by atoms with Crippen molar-refractivity contribution in [3.05, 3.63) is 213 Å². The lowest BCUT2D eigenvalue weighted by Gasteiger charge is -2.11. The lowest BCUT2D eigenvalue weighted by molar-refractivity contribution is 1.07. The highest BCUT2D eigenvalue weighted by molar-refractivity contribution is 6.10. The van der Waals surface area contributed by atoms with E-state index in [1.165, 1.54) is 21.8 Å². The van der Waals surface area contributed by atoms with E-state index in [2.05, 4.69) is 148 Å². The zero-order chi connectivity index (χ0) is 40.5. The van der Waals surface area contributed by atoms with E-state index >= 15 is 0 Å². The number of benzene rings is 6. The van der Waals surface area contributed by atoms with Gasteiger partial charge in [-0.2, -0.15) is 0 Å². The average molecular weight is 782 g/mol. The summed E-state index contributed by atoms with van der Waals surface area (Å²) in [5, 5.41) is 2.46. The van der Waals surface area contributed by atoms with Gasteiger partial charge in [0.25, 0.3) is 0 Å². The zero-order valence-corrected chi connectivity index (χ0v) is 32.8. The largest absolute Gasteiger partial charge is 0.309 e. The molecule has 0 saturated carbocycles.